The molecule has 5 nitrogen and oxygen atoms in total. The third kappa shape index (κ3) is 17.2. The Morgan fingerprint density at radius 3 is 1.67 bits per heavy atom. The van der Waals surface area contributed by atoms with E-state index in [-0.39, 0.29) is 12.2 Å². The van der Waals surface area contributed by atoms with E-state index in [4.69, 9.17) is 15.4 Å². The maximum absolute atomic E-state index is 11.5. The number of unbranched alkanes of at least 4 members (excludes halogenated alkanes) is 13. The molecule has 30 heavy (non-hydrogen) atoms. The molecule has 1 N–H and O–H groups in total. The van der Waals surface area contributed by atoms with E-state index in [1.165, 1.54) is 89.9 Å². The number of nitrogens with zero attached hydrogens (tertiary/aromatic N) is 2. The first-order valence-electron chi connectivity index (χ1n) is 12.2. The Balaban J connectivity index is 3.51. The summed E-state index contributed by atoms with van der Waals surface area (Å²) in [6.07, 6.45) is 20.0. The molecule has 0 aliphatic heterocycles. The summed E-state index contributed by atoms with van der Waals surface area (Å²) in [5.74, 6) is 1.06. The molecule has 0 aliphatic rings. The van der Waals surface area contributed by atoms with Gasteiger partial charge in [-0.15, -0.1) is 0 Å². The van der Waals surface area contributed by atoms with Crippen LogP contribution in [0.3, 0.4) is 0 Å². The zero-order valence-corrected chi connectivity index (χ0v) is 19.9. The molecule has 0 rings (SSSR count). The summed E-state index contributed by atoms with van der Waals surface area (Å²) in [4.78, 5) is 11.5. The zero-order valence-electron chi connectivity index (χ0n) is 19.9. The quantitative estimate of drug-likeness (QED) is 0.0638. The van der Waals surface area contributed by atoms with Gasteiger partial charge in [-0.1, -0.05) is 84.0 Å². The normalized spacial score (nSPS) is 11.0. The molecule has 0 saturated carbocycles. The molecule has 0 atom stereocenters. The molecule has 0 aliphatic carbocycles. The van der Waals surface area contributed by atoms with Gasteiger partial charge in [-0.25, -0.2) is 4.79 Å². The highest BCUT2D eigenvalue weighted by molar-refractivity contribution is 6.01. The van der Waals surface area contributed by atoms with Crippen LogP contribution in [0.4, 0.5) is 0 Å². The average molecular weight is 421 g/mol. The minimum atomic E-state index is -0.746. The minimum Gasteiger partial charge on any atom is -0.461 e. The van der Waals surface area contributed by atoms with Crippen LogP contribution in [0.2, 0.25) is 0 Å². The molecule has 0 heterocycles. The van der Waals surface area contributed by atoms with E-state index < -0.39 is 5.97 Å². The lowest BCUT2D eigenvalue weighted by atomic mass is 10.0. The van der Waals surface area contributed by atoms with E-state index in [0.717, 1.165) is 24.0 Å². The van der Waals surface area contributed by atoms with Crippen LogP contribution < -0.4 is 0 Å². The van der Waals surface area contributed by atoms with Crippen molar-refractivity contribution in [1.29, 1.82) is 10.7 Å². The summed E-state index contributed by atoms with van der Waals surface area (Å²) in [7, 11) is 4.42. The van der Waals surface area contributed by atoms with Crippen LogP contribution >= 0.6 is 0 Å². The monoisotopic (exact) mass is 420 g/mol. The molecule has 5 heteroatoms. The van der Waals surface area contributed by atoms with Crippen molar-refractivity contribution in [3.05, 3.63) is 5.57 Å². The third-order valence-corrected chi connectivity index (χ3v) is 5.70. The molecule has 172 valence electrons. The molecule has 0 saturated heterocycles. The Kier molecular flexibility index (Phi) is 18.3. The van der Waals surface area contributed by atoms with E-state index >= 15 is 0 Å². The van der Waals surface area contributed by atoms with Crippen LogP contribution in [0.15, 0.2) is 5.57 Å². The van der Waals surface area contributed by atoms with Crippen molar-refractivity contribution in [1.82, 2.24) is 0 Å². The predicted octanol–water partition coefficient (Wildman–Crippen LogP) is 6.18. The molecular weight excluding hydrogens is 374 g/mol. The number of hydrogen-bond acceptors (Lipinski definition) is 4. The molecule has 0 fully saturated rings. The number of rotatable bonds is 20. The van der Waals surface area contributed by atoms with Crippen LogP contribution in [-0.4, -0.2) is 50.1 Å². The smallest absolute Gasteiger partial charge is 0.358 e. The van der Waals surface area contributed by atoms with Crippen molar-refractivity contribution >= 4 is 11.8 Å². The number of quaternary nitrogens is 1. The highest BCUT2D eigenvalue weighted by atomic mass is 16.5. The van der Waals surface area contributed by atoms with Gasteiger partial charge in [0.2, 0.25) is 0 Å². The fraction of sp³-hybridized carbons (Fsp3) is 0.840. The second-order valence-electron chi connectivity index (χ2n) is 9.08. The lowest BCUT2D eigenvalue weighted by Gasteiger charge is -2.29. The van der Waals surface area contributed by atoms with Gasteiger partial charge >= 0.3 is 5.97 Å². The number of carbonyl (C=O) groups is 1. The van der Waals surface area contributed by atoms with Crippen molar-refractivity contribution in [3.63, 3.8) is 0 Å². The van der Waals surface area contributed by atoms with Gasteiger partial charge in [0.05, 0.1) is 33.8 Å². The van der Waals surface area contributed by atoms with Crippen molar-refractivity contribution < 1.29 is 14.0 Å². The number of nitriles is 1. The molecular formula is C25H46N3O2+. The lowest BCUT2D eigenvalue weighted by Crippen LogP contribution is -2.41. The summed E-state index contributed by atoms with van der Waals surface area (Å²) in [5, 5.41) is 15.5. The first-order chi connectivity index (χ1) is 14.5. The van der Waals surface area contributed by atoms with Gasteiger partial charge in [-0.3, -0.25) is 5.41 Å². The van der Waals surface area contributed by atoms with E-state index in [2.05, 4.69) is 21.0 Å². The molecule has 0 aromatic carbocycles. The lowest BCUT2D eigenvalue weighted by molar-refractivity contribution is -0.890. The van der Waals surface area contributed by atoms with E-state index in [9.17, 15) is 4.79 Å². The van der Waals surface area contributed by atoms with Gasteiger partial charge in [0, 0.05) is 12.3 Å². The van der Waals surface area contributed by atoms with Crippen LogP contribution in [0, 0.1) is 16.7 Å². The Hall–Kier alpha value is -1.63. The number of hydrogen-bond donors (Lipinski definition) is 1. The fourth-order valence-electron chi connectivity index (χ4n) is 3.70. The fourth-order valence-corrected chi connectivity index (χ4v) is 3.70. The second kappa shape index (κ2) is 19.3. The molecule has 0 radical (unpaired) electrons. The number of nitrogens with one attached hydrogen (secondary N) is 1. The summed E-state index contributed by atoms with van der Waals surface area (Å²) in [6.45, 7) is 4.62. The summed E-state index contributed by atoms with van der Waals surface area (Å²) >= 11 is 0. The predicted molar refractivity (Wildman–Crippen MR) is 125 cm³/mol. The zero-order chi connectivity index (χ0) is 22.5. The first kappa shape index (κ1) is 28.4. The van der Waals surface area contributed by atoms with Crippen molar-refractivity contribution in [2.24, 2.45) is 0 Å². The van der Waals surface area contributed by atoms with Gasteiger partial charge < -0.3 is 9.22 Å². The molecule has 0 aromatic heterocycles. The maximum Gasteiger partial charge on any atom is 0.358 e. The first-order valence-corrected chi connectivity index (χ1v) is 12.2. The van der Waals surface area contributed by atoms with Gasteiger partial charge in [0.25, 0.3) is 0 Å². The van der Waals surface area contributed by atoms with Crippen molar-refractivity contribution in [3.8, 4) is 6.07 Å². The molecule has 0 amide bonds. The minimum absolute atomic E-state index is 0.284. The van der Waals surface area contributed by atoms with Gasteiger partial charge in [0.15, 0.2) is 5.57 Å². The number of ether oxygens (including phenoxy) is 1. The second-order valence-corrected chi connectivity index (χ2v) is 9.08. The molecule has 0 bridgehead atoms. The van der Waals surface area contributed by atoms with Gasteiger partial charge in [-0.2, -0.15) is 5.26 Å². The Bertz CT molecular complexity index is 531. The highest BCUT2D eigenvalue weighted by Crippen LogP contribution is 2.13. The van der Waals surface area contributed by atoms with Crippen LogP contribution in [0.25, 0.3) is 0 Å². The highest BCUT2D eigenvalue weighted by Gasteiger charge is 2.15. The third-order valence-electron chi connectivity index (χ3n) is 5.70. The Morgan fingerprint density at radius 2 is 1.23 bits per heavy atom. The average Bonchev–Trinajstić information content (AvgIpc) is 2.72. The molecule has 0 aromatic rings. The number of esters is 1. The van der Waals surface area contributed by atoms with Gasteiger partial charge in [-0.05, 0) is 12.8 Å². The van der Waals surface area contributed by atoms with Crippen LogP contribution in [0.5, 0.6) is 0 Å². The largest absolute Gasteiger partial charge is 0.461 e. The van der Waals surface area contributed by atoms with E-state index in [0.29, 0.717) is 0 Å². The Morgan fingerprint density at radius 1 is 0.800 bits per heavy atom. The Labute approximate surface area is 185 Å². The SMILES string of the molecule is CCCCCCCCCCCCCCCC[N+](C)(C)CCCOC(=O)C(=C=N)C#N. The summed E-state index contributed by atoms with van der Waals surface area (Å²) < 4.78 is 5.94. The molecule has 0 unspecified atom stereocenters. The summed E-state index contributed by atoms with van der Waals surface area (Å²) in [6, 6.07) is 1.62. The van der Waals surface area contributed by atoms with E-state index in [1.807, 2.05) is 0 Å². The summed E-state index contributed by atoms with van der Waals surface area (Å²) in [5.41, 5.74) is -0.369. The topological polar surface area (TPSA) is 73.9 Å². The maximum atomic E-state index is 11.5. The van der Waals surface area contributed by atoms with Crippen molar-refractivity contribution in [2.75, 3.05) is 33.8 Å². The number of carbonyl (C=O) groups excluding carboxylic acids is 1. The van der Waals surface area contributed by atoms with Gasteiger partial charge in [0.1, 0.15) is 6.07 Å². The van der Waals surface area contributed by atoms with E-state index in [1.54, 1.807) is 11.9 Å². The standard InChI is InChI=1S/C25H46N3O2/c1-4-5-6-7-8-9-10-11-12-13-14-15-16-17-19-28(2,3)20-18-21-30-25(29)24(22-26)23-27/h26H,4-21H2,1-3H3/q+1. The van der Waals surface area contributed by atoms with Crippen LogP contribution in [0.1, 0.15) is 103 Å². The van der Waals surface area contributed by atoms with Crippen molar-refractivity contribution in [2.45, 2.75) is 103 Å². The van der Waals surface area contributed by atoms with Crippen LogP contribution in [-0.2, 0) is 9.53 Å². The molecule has 0 spiro atoms.